The lowest BCUT2D eigenvalue weighted by atomic mass is 9.86. The van der Waals surface area contributed by atoms with Gasteiger partial charge < -0.3 is 4.90 Å². The van der Waals surface area contributed by atoms with Gasteiger partial charge in [0.15, 0.2) is 0 Å². The second-order valence-corrected chi connectivity index (χ2v) is 6.58. The zero-order valence-electron chi connectivity index (χ0n) is 14.4. The number of benzene rings is 1. The van der Waals surface area contributed by atoms with Gasteiger partial charge in [0.25, 0.3) is 0 Å². The first-order valence-electron chi connectivity index (χ1n) is 9.07. The Labute approximate surface area is 144 Å². The maximum Gasteiger partial charge on any atom is 0.223 e. The summed E-state index contributed by atoms with van der Waals surface area (Å²) in [6.07, 6.45) is 6.84. The first-order valence-corrected chi connectivity index (χ1v) is 9.07. The molecule has 0 bridgehead atoms. The van der Waals surface area contributed by atoms with E-state index in [0.29, 0.717) is 12.3 Å². The van der Waals surface area contributed by atoms with Crippen LogP contribution < -0.4 is 0 Å². The summed E-state index contributed by atoms with van der Waals surface area (Å²) in [5.41, 5.74) is 3.40. The van der Waals surface area contributed by atoms with Crippen molar-refractivity contribution in [2.45, 2.75) is 44.9 Å². The minimum atomic E-state index is 0.265. The molecule has 1 aromatic heterocycles. The third kappa shape index (κ3) is 3.84. The van der Waals surface area contributed by atoms with Crippen molar-refractivity contribution in [2.24, 2.45) is 0 Å². The number of amides is 1. The summed E-state index contributed by atoms with van der Waals surface area (Å²) in [4.78, 5) is 19.2. The third-order valence-electron chi connectivity index (χ3n) is 4.86. The number of pyridine rings is 1. The van der Waals surface area contributed by atoms with E-state index >= 15 is 0 Å². The van der Waals surface area contributed by atoms with Crippen LogP contribution in [0, 0.1) is 0 Å². The smallest absolute Gasteiger partial charge is 0.223 e. The van der Waals surface area contributed by atoms with Crippen LogP contribution in [-0.2, 0) is 4.79 Å². The Balaban J connectivity index is 1.87. The highest BCUT2D eigenvalue weighted by atomic mass is 16.2. The molecular weight excluding hydrogens is 296 g/mol. The van der Waals surface area contributed by atoms with Crippen LogP contribution in [0.5, 0.6) is 0 Å². The lowest BCUT2D eigenvalue weighted by Gasteiger charge is -2.23. The number of carbonyl (C=O) groups is 1. The van der Waals surface area contributed by atoms with Crippen LogP contribution >= 0.6 is 0 Å². The molecule has 1 aliphatic rings. The van der Waals surface area contributed by atoms with Gasteiger partial charge in [-0.3, -0.25) is 9.78 Å². The van der Waals surface area contributed by atoms with E-state index in [0.717, 1.165) is 50.0 Å². The van der Waals surface area contributed by atoms with E-state index < -0.39 is 0 Å². The largest absolute Gasteiger partial charge is 0.343 e. The number of nitrogens with zero attached hydrogens (tertiary/aromatic N) is 2. The first kappa shape index (κ1) is 16.7. The van der Waals surface area contributed by atoms with Gasteiger partial charge in [-0.25, -0.2) is 0 Å². The summed E-state index contributed by atoms with van der Waals surface area (Å²) in [6, 6.07) is 14.4. The van der Waals surface area contributed by atoms with Crippen molar-refractivity contribution in [3.63, 3.8) is 0 Å². The highest BCUT2D eigenvalue weighted by Gasteiger charge is 2.24. The number of aromatic nitrogens is 1. The molecule has 3 rings (SSSR count). The molecule has 126 valence electrons. The summed E-state index contributed by atoms with van der Waals surface area (Å²) < 4.78 is 0. The summed E-state index contributed by atoms with van der Waals surface area (Å²) >= 11 is 0. The van der Waals surface area contributed by atoms with Crippen molar-refractivity contribution in [3.05, 3.63) is 54.2 Å². The highest BCUT2D eigenvalue weighted by molar-refractivity contribution is 5.78. The van der Waals surface area contributed by atoms with Crippen LogP contribution in [0.3, 0.4) is 0 Å². The highest BCUT2D eigenvalue weighted by Crippen LogP contribution is 2.33. The van der Waals surface area contributed by atoms with Gasteiger partial charge in [0, 0.05) is 31.3 Å². The quantitative estimate of drug-likeness (QED) is 0.776. The molecule has 2 heterocycles. The number of carbonyl (C=O) groups excluding carboxylic acids is 1. The van der Waals surface area contributed by atoms with Crippen molar-refractivity contribution in [3.8, 4) is 11.3 Å². The molecule has 1 fully saturated rings. The fraction of sp³-hybridized carbons (Fsp3) is 0.429. The van der Waals surface area contributed by atoms with Crippen LogP contribution in [0.15, 0.2) is 48.7 Å². The Hall–Kier alpha value is -2.16. The van der Waals surface area contributed by atoms with Gasteiger partial charge in [0.2, 0.25) is 5.91 Å². The summed E-state index contributed by atoms with van der Waals surface area (Å²) in [5.74, 6) is 0.572. The van der Waals surface area contributed by atoms with Crippen molar-refractivity contribution in [1.82, 2.24) is 9.88 Å². The first-order chi connectivity index (χ1) is 11.8. The summed E-state index contributed by atoms with van der Waals surface area (Å²) in [7, 11) is 0. The summed E-state index contributed by atoms with van der Waals surface area (Å²) in [6.45, 7) is 4.05. The predicted octanol–water partition coefficient (Wildman–Crippen LogP) is 4.64. The molecule has 2 aromatic rings. The number of rotatable bonds is 6. The molecule has 3 heteroatoms. The van der Waals surface area contributed by atoms with Crippen molar-refractivity contribution in [1.29, 1.82) is 0 Å². The standard InChI is InChI=1S/C21H26N2O/c1-2-9-17(16-21(24)23-14-7-8-15-23)18-10-3-4-11-19(18)20-12-5-6-13-22-20/h3-6,10-13,17H,2,7-9,14-16H2,1H3. The fourth-order valence-corrected chi connectivity index (χ4v) is 3.63. The van der Waals surface area contributed by atoms with Crippen LogP contribution in [0.25, 0.3) is 11.3 Å². The molecule has 3 nitrogen and oxygen atoms in total. The number of hydrogen-bond acceptors (Lipinski definition) is 2. The molecule has 1 amide bonds. The predicted molar refractivity (Wildman–Crippen MR) is 97.8 cm³/mol. The fourth-order valence-electron chi connectivity index (χ4n) is 3.63. The monoisotopic (exact) mass is 322 g/mol. The van der Waals surface area contributed by atoms with Crippen LogP contribution in [0.2, 0.25) is 0 Å². The Bertz CT molecular complexity index is 663. The molecule has 0 spiro atoms. The van der Waals surface area contributed by atoms with E-state index in [1.54, 1.807) is 0 Å². The number of hydrogen-bond donors (Lipinski definition) is 0. The van der Waals surface area contributed by atoms with Gasteiger partial charge in [0.1, 0.15) is 0 Å². The van der Waals surface area contributed by atoms with Crippen LogP contribution in [-0.4, -0.2) is 28.9 Å². The van der Waals surface area contributed by atoms with Crippen molar-refractivity contribution >= 4 is 5.91 Å². The lowest BCUT2D eigenvalue weighted by Crippen LogP contribution is -2.29. The lowest BCUT2D eigenvalue weighted by molar-refractivity contribution is -0.130. The van der Waals surface area contributed by atoms with E-state index in [9.17, 15) is 4.79 Å². The normalized spacial score (nSPS) is 15.5. The van der Waals surface area contributed by atoms with Crippen molar-refractivity contribution < 1.29 is 4.79 Å². The average molecular weight is 322 g/mol. The van der Waals surface area contributed by atoms with Gasteiger partial charge >= 0.3 is 0 Å². The zero-order chi connectivity index (χ0) is 16.8. The molecule has 1 unspecified atom stereocenters. The Morgan fingerprint density at radius 2 is 1.88 bits per heavy atom. The molecular formula is C21H26N2O. The van der Waals surface area contributed by atoms with E-state index in [1.807, 2.05) is 29.3 Å². The second kappa shape index (κ2) is 8.09. The third-order valence-corrected chi connectivity index (χ3v) is 4.86. The molecule has 0 saturated carbocycles. The SMILES string of the molecule is CCCC(CC(=O)N1CCCC1)c1ccccc1-c1ccccn1. The van der Waals surface area contributed by atoms with E-state index in [2.05, 4.69) is 36.2 Å². The molecule has 1 aliphatic heterocycles. The molecule has 1 aromatic carbocycles. The van der Waals surface area contributed by atoms with Gasteiger partial charge in [-0.15, -0.1) is 0 Å². The minimum absolute atomic E-state index is 0.265. The summed E-state index contributed by atoms with van der Waals surface area (Å²) in [5, 5.41) is 0. The Kier molecular flexibility index (Phi) is 5.63. The molecule has 0 radical (unpaired) electrons. The van der Waals surface area contributed by atoms with E-state index in [4.69, 9.17) is 0 Å². The maximum atomic E-state index is 12.7. The topological polar surface area (TPSA) is 33.2 Å². The molecule has 24 heavy (non-hydrogen) atoms. The van der Waals surface area contributed by atoms with Crippen LogP contribution in [0.1, 0.15) is 50.5 Å². The molecule has 0 N–H and O–H groups in total. The van der Waals surface area contributed by atoms with Crippen LogP contribution in [0.4, 0.5) is 0 Å². The van der Waals surface area contributed by atoms with Gasteiger partial charge in [-0.1, -0.05) is 43.7 Å². The Morgan fingerprint density at radius 3 is 2.58 bits per heavy atom. The van der Waals surface area contributed by atoms with E-state index in [1.165, 1.54) is 5.56 Å². The molecule has 1 saturated heterocycles. The van der Waals surface area contributed by atoms with Crippen molar-refractivity contribution in [2.75, 3.05) is 13.1 Å². The van der Waals surface area contributed by atoms with Gasteiger partial charge in [-0.05, 0) is 42.9 Å². The minimum Gasteiger partial charge on any atom is -0.343 e. The molecule has 1 atom stereocenters. The van der Waals surface area contributed by atoms with Gasteiger partial charge in [0.05, 0.1) is 5.69 Å². The Morgan fingerprint density at radius 1 is 1.12 bits per heavy atom. The van der Waals surface area contributed by atoms with E-state index in [-0.39, 0.29) is 5.92 Å². The zero-order valence-corrected chi connectivity index (χ0v) is 14.4. The average Bonchev–Trinajstić information content (AvgIpc) is 3.17. The maximum absolute atomic E-state index is 12.7. The molecule has 0 aliphatic carbocycles. The van der Waals surface area contributed by atoms with Gasteiger partial charge in [-0.2, -0.15) is 0 Å². The second-order valence-electron chi connectivity index (χ2n) is 6.58. The number of likely N-dealkylation sites (tertiary alicyclic amines) is 1.